The minimum absolute atomic E-state index is 0.0239. The molecule has 0 bridgehead atoms. The summed E-state index contributed by atoms with van der Waals surface area (Å²) in [4.78, 5) is 26.3. The van der Waals surface area contributed by atoms with E-state index in [2.05, 4.69) is 4.99 Å². The summed E-state index contributed by atoms with van der Waals surface area (Å²) in [6.45, 7) is 0. The first-order valence-electron chi connectivity index (χ1n) is 6.47. The smallest absolute Gasteiger partial charge is 0.363 e. The number of hydrogen-bond donors (Lipinski definition) is 0. The van der Waals surface area contributed by atoms with E-state index in [4.69, 9.17) is 13.9 Å². The van der Waals surface area contributed by atoms with Crippen molar-refractivity contribution >= 4 is 23.6 Å². The first-order valence-corrected chi connectivity index (χ1v) is 6.47. The second kappa shape index (κ2) is 5.76. The Morgan fingerprint density at radius 1 is 1.35 bits per heavy atom. The van der Waals surface area contributed by atoms with Crippen LogP contribution in [-0.2, 0) is 9.53 Å². The van der Waals surface area contributed by atoms with Gasteiger partial charge in [-0.25, -0.2) is 9.79 Å². The van der Waals surface area contributed by atoms with Gasteiger partial charge in [-0.1, -0.05) is 6.07 Å². The van der Waals surface area contributed by atoms with E-state index in [1.54, 1.807) is 18.2 Å². The molecule has 2 aromatic rings. The Bertz CT molecular complexity index is 836. The predicted molar refractivity (Wildman–Crippen MR) is 79.0 cm³/mol. The monoisotopic (exact) mass is 314 g/mol. The summed E-state index contributed by atoms with van der Waals surface area (Å²) >= 11 is 0. The SMILES string of the molecule is COc1ccc(/C=C2\N=C(c3ccco3)OC2=O)cc1[N+](=O)[O-]. The first-order chi connectivity index (χ1) is 11.1. The number of nitro groups is 1. The molecule has 1 aromatic heterocycles. The minimum atomic E-state index is -0.658. The minimum Gasteiger partial charge on any atom is -0.490 e. The molecule has 2 heterocycles. The fourth-order valence-corrected chi connectivity index (χ4v) is 2.01. The van der Waals surface area contributed by atoms with Gasteiger partial charge < -0.3 is 13.9 Å². The van der Waals surface area contributed by atoms with Crippen LogP contribution in [-0.4, -0.2) is 23.9 Å². The number of carbonyl (C=O) groups is 1. The highest BCUT2D eigenvalue weighted by molar-refractivity contribution is 6.11. The predicted octanol–water partition coefficient (Wildman–Crippen LogP) is 2.54. The lowest BCUT2D eigenvalue weighted by molar-refractivity contribution is -0.385. The molecule has 0 aliphatic carbocycles. The van der Waals surface area contributed by atoms with Crippen molar-refractivity contribution in [2.75, 3.05) is 7.11 Å². The molecule has 3 rings (SSSR count). The second-order valence-corrected chi connectivity index (χ2v) is 4.50. The zero-order valence-corrected chi connectivity index (χ0v) is 11.9. The van der Waals surface area contributed by atoms with E-state index in [1.165, 1.54) is 31.6 Å². The lowest BCUT2D eigenvalue weighted by Gasteiger charge is -2.02. The molecule has 1 aliphatic rings. The third-order valence-corrected chi connectivity index (χ3v) is 3.06. The maximum atomic E-state index is 11.8. The summed E-state index contributed by atoms with van der Waals surface area (Å²) in [6.07, 6.45) is 2.82. The number of nitrogens with zero attached hydrogens (tertiary/aromatic N) is 2. The zero-order chi connectivity index (χ0) is 16.4. The van der Waals surface area contributed by atoms with Crippen LogP contribution < -0.4 is 4.74 Å². The van der Waals surface area contributed by atoms with E-state index in [0.717, 1.165) is 0 Å². The number of methoxy groups -OCH3 is 1. The van der Waals surface area contributed by atoms with Crippen LogP contribution in [0.2, 0.25) is 0 Å². The van der Waals surface area contributed by atoms with Gasteiger partial charge in [-0.2, -0.15) is 0 Å². The van der Waals surface area contributed by atoms with E-state index < -0.39 is 10.9 Å². The van der Waals surface area contributed by atoms with Crippen LogP contribution in [0.1, 0.15) is 11.3 Å². The van der Waals surface area contributed by atoms with Crippen LogP contribution in [0.25, 0.3) is 6.08 Å². The van der Waals surface area contributed by atoms with Gasteiger partial charge in [0, 0.05) is 6.07 Å². The van der Waals surface area contributed by atoms with Crippen LogP contribution in [0.3, 0.4) is 0 Å². The summed E-state index contributed by atoms with van der Waals surface area (Å²) in [5.74, 6) is -0.155. The number of esters is 1. The largest absolute Gasteiger partial charge is 0.490 e. The normalized spacial score (nSPS) is 15.4. The number of furan rings is 1. The Morgan fingerprint density at radius 3 is 2.83 bits per heavy atom. The standard InChI is InChI=1S/C15H10N2O6/c1-21-12-5-4-9(8-11(12)17(19)20)7-10-15(18)23-14(16-10)13-3-2-6-22-13/h2-8H,1H3/b10-7-. The summed E-state index contributed by atoms with van der Waals surface area (Å²) in [6, 6.07) is 7.56. The number of rotatable bonds is 4. The topological polar surface area (TPSA) is 104 Å². The Kier molecular flexibility index (Phi) is 3.63. The lowest BCUT2D eigenvalue weighted by Crippen LogP contribution is -2.04. The molecule has 116 valence electrons. The number of aliphatic imine (C=N–C) groups is 1. The molecule has 0 fully saturated rings. The number of cyclic esters (lactones) is 1. The number of carbonyl (C=O) groups excluding carboxylic acids is 1. The van der Waals surface area contributed by atoms with Crippen molar-refractivity contribution in [2.24, 2.45) is 4.99 Å². The molecule has 23 heavy (non-hydrogen) atoms. The fraction of sp³-hybridized carbons (Fsp3) is 0.0667. The van der Waals surface area contributed by atoms with E-state index >= 15 is 0 Å². The molecule has 0 atom stereocenters. The van der Waals surface area contributed by atoms with Gasteiger partial charge in [-0.3, -0.25) is 10.1 Å². The van der Waals surface area contributed by atoms with Crippen molar-refractivity contribution in [3.63, 3.8) is 0 Å². The van der Waals surface area contributed by atoms with E-state index in [-0.39, 0.29) is 23.0 Å². The maximum Gasteiger partial charge on any atom is 0.363 e. The highest BCUT2D eigenvalue weighted by Gasteiger charge is 2.26. The van der Waals surface area contributed by atoms with Gasteiger partial charge in [0.25, 0.3) is 5.90 Å². The average Bonchev–Trinajstić information content (AvgIpc) is 3.17. The van der Waals surface area contributed by atoms with Crippen LogP contribution >= 0.6 is 0 Å². The van der Waals surface area contributed by atoms with Gasteiger partial charge in [-0.15, -0.1) is 0 Å². The third-order valence-electron chi connectivity index (χ3n) is 3.06. The van der Waals surface area contributed by atoms with Crippen LogP contribution in [0.5, 0.6) is 5.75 Å². The first kappa shape index (κ1) is 14.5. The average molecular weight is 314 g/mol. The molecule has 0 saturated carbocycles. The van der Waals surface area contributed by atoms with Crippen LogP contribution in [0, 0.1) is 10.1 Å². The van der Waals surface area contributed by atoms with Gasteiger partial charge in [0.15, 0.2) is 17.2 Å². The van der Waals surface area contributed by atoms with Gasteiger partial charge in [-0.05, 0) is 29.8 Å². The van der Waals surface area contributed by atoms with Crippen molar-refractivity contribution in [1.29, 1.82) is 0 Å². The number of benzene rings is 1. The molecule has 0 N–H and O–H groups in total. The Labute approximate surface area is 129 Å². The summed E-state index contributed by atoms with van der Waals surface area (Å²) in [7, 11) is 1.34. The van der Waals surface area contributed by atoms with Crippen LogP contribution in [0.4, 0.5) is 5.69 Å². The maximum absolute atomic E-state index is 11.8. The van der Waals surface area contributed by atoms with Crippen molar-refractivity contribution in [3.8, 4) is 5.75 Å². The van der Waals surface area contributed by atoms with Crippen molar-refractivity contribution in [3.05, 3.63) is 63.7 Å². The molecular formula is C15H10N2O6. The van der Waals surface area contributed by atoms with Crippen molar-refractivity contribution in [2.45, 2.75) is 0 Å². The second-order valence-electron chi connectivity index (χ2n) is 4.50. The highest BCUT2D eigenvalue weighted by Crippen LogP contribution is 2.29. The quantitative estimate of drug-likeness (QED) is 0.372. The van der Waals surface area contributed by atoms with Gasteiger partial charge in [0.05, 0.1) is 18.3 Å². The highest BCUT2D eigenvalue weighted by atomic mass is 16.6. The van der Waals surface area contributed by atoms with Crippen LogP contribution in [0.15, 0.2) is 51.7 Å². The Hall–Kier alpha value is -3.42. The lowest BCUT2D eigenvalue weighted by atomic mass is 10.1. The zero-order valence-electron chi connectivity index (χ0n) is 11.9. The van der Waals surface area contributed by atoms with E-state index in [1.807, 2.05) is 0 Å². The molecule has 0 radical (unpaired) electrons. The summed E-state index contributed by atoms with van der Waals surface area (Å²) in [5, 5.41) is 11.0. The molecular weight excluding hydrogens is 304 g/mol. The van der Waals surface area contributed by atoms with Crippen molar-refractivity contribution < 1.29 is 23.6 Å². The number of nitro benzene ring substituents is 1. The Morgan fingerprint density at radius 2 is 2.17 bits per heavy atom. The molecule has 8 nitrogen and oxygen atoms in total. The van der Waals surface area contributed by atoms with Gasteiger partial charge >= 0.3 is 11.7 Å². The van der Waals surface area contributed by atoms with E-state index in [0.29, 0.717) is 11.3 Å². The molecule has 1 aromatic carbocycles. The van der Waals surface area contributed by atoms with Crippen molar-refractivity contribution in [1.82, 2.24) is 0 Å². The summed E-state index contributed by atoms with van der Waals surface area (Å²) in [5.41, 5.74) is 0.244. The Balaban J connectivity index is 1.97. The number of hydrogen-bond acceptors (Lipinski definition) is 7. The molecule has 0 saturated heterocycles. The molecule has 8 heteroatoms. The van der Waals surface area contributed by atoms with E-state index in [9.17, 15) is 14.9 Å². The van der Waals surface area contributed by atoms with Gasteiger partial charge in [0.1, 0.15) is 0 Å². The molecule has 0 spiro atoms. The summed E-state index contributed by atoms with van der Waals surface area (Å²) < 4.78 is 15.0. The fourth-order valence-electron chi connectivity index (χ4n) is 2.01. The molecule has 1 aliphatic heterocycles. The third kappa shape index (κ3) is 2.82. The number of ether oxygens (including phenoxy) is 2. The van der Waals surface area contributed by atoms with Gasteiger partial charge in [0.2, 0.25) is 0 Å². The molecule has 0 amide bonds. The molecule has 0 unspecified atom stereocenters.